The lowest BCUT2D eigenvalue weighted by Gasteiger charge is -2.25. The Bertz CT molecular complexity index is 2270. The number of hydrogen-bond acceptors (Lipinski definition) is 8. The molecule has 5 rings (SSSR count). The van der Waals surface area contributed by atoms with Crippen molar-refractivity contribution in [3.05, 3.63) is 121 Å². The van der Waals surface area contributed by atoms with Crippen molar-refractivity contribution >= 4 is 52.4 Å². The minimum absolute atomic E-state index is 0. The standard InChI is InChI=1S/C46H55N9O7.CH4/c1-4-13-37(41(47)57)53-43(59)28(15-12-22-50-45(48)49)24-40(56)39(23-29-25-51-36-21-11-10-16-30(29)36)54-42(58)27(3)52-44(60)38(14-5-2)55-46(61)62-26-35-33-19-8-6-17-31(33)32-18-7-9-20-34(32)35;/h4-11,16-21,25,27-28,35,37-39,51H,1-2,12-15,22-24,26H2,3H3,(H2,47,57)(H,52,60)(H,53,59)(H,54,58)(H,55,61)(H4,48,49,50);1H4/t27-,28+,37-,38-,39-;/m0./s1. The van der Waals surface area contributed by atoms with Crippen molar-refractivity contribution in [2.75, 3.05) is 13.2 Å². The first-order valence-electron chi connectivity index (χ1n) is 20.5. The summed E-state index contributed by atoms with van der Waals surface area (Å²) in [7, 11) is 0. The largest absolute Gasteiger partial charge is 0.449 e. The molecule has 0 saturated heterocycles. The van der Waals surface area contributed by atoms with Crippen molar-refractivity contribution in [2.24, 2.45) is 28.1 Å². The first-order chi connectivity index (χ1) is 29.8. The number of rotatable bonds is 23. The Morgan fingerprint density at radius 3 is 2.02 bits per heavy atom. The van der Waals surface area contributed by atoms with E-state index < -0.39 is 65.6 Å². The number of amides is 5. The first-order valence-corrected chi connectivity index (χ1v) is 20.5. The Morgan fingerprint density at radius 2 is 1.38 bits per heavy atom. The first kappa shape index (κ1) is 48.4. The fourth-order valence-electron chi connectivity index (χ4n) is 7.58. The second-order valence-corrected chi connectivity index (χ2v) is 15.2. The van der Waals surface area contributed by atoms with E-state index in [1.165, 1.54) is 19.1 Å². The zero-order chi connectivity index (χ0) is 44.8. The Hall–Kier alpha value is -7.23. The van der Waals surface area contributed by atoms with Gasteiger partial charge in [-0.05, 0) is 66.5 Å². The molecule has 0 bridgehead atoms. The van der Waals surface area contributed by atoms with Crippen LogP contribution in [0.3, 0.4) is 0 Å². The number of nitrogens with two attached hydrogens (primary N) is 3. The third-order valence-electron chi connectivity index (χ3n) is 10.8. The fraction of sp³-hybridized carbons (Fsp3) is 0.340. The molecule has 3 aromatic carbocycles. The van der Waals surface area contributed by atoms with Gasteiger partial charge in [-0.1, -0.05) is 86.3 Å². The third-order valence-corrected chi connectivity index (χ3v) is 10.8. The molecule has 0 aliphatic heterocycles. The Morgan fingerprint density at radius 1 is 0.778 bits per heavy atom. The number of carbonyl (C=O) groups is 6. The second-order valence-electron chi connectivity index (χ2n) is 15.2. The number of aliphatic imine (C=N–C) groups is 1. The number of benzene rings is 3. The van der Waals surface area contributed by atoms with Crippen molar-refractivity contribution in [1.29, 1.82) is 0 Å². The van der Waals surface area contributed by atoms with Gasteiger partial charge >= 0.3 is 6.09 Å². The van der Waals surface area contributed by atoms with Crippen LogP contribution < -0.4 is 38.5 Å². The van der Waals surface area contributed by atoms with Gasteiger partial charge in [0.05, 0.1) is 6.04 Å². The summed E-state index contributed by atoms with van der Waals surface area (Å²) in [5.74, 6) is -4.49. The zero-order valence-electron chi connectivity index (χ0n) is 34.7. The molecule has 16 heteroatoms. The number of H-pyrrole nitrogens is 1. The van der Waals surface area contributed by atoms with E-state index in [9.17, 15) is 28.8 Å². The van der Waals surface area contributed by atoms with Crippen molar-refractivity contribution in [3.8, 4) is 11.1 Å². The van der Waals surface area contributed by atoms with Crippen LogP contribution in [0.15, 0.2) is 109 Å². The van der Waals surface area contributed by atoms with Gasteiger partial charge in [-0.2, -0.15) is 0 Å². The highest BCUT2D eigenvalue weighted by atomic mass is 16.5. The van der Waals surface area contributed by atoms with Crippen LogP contribution in [0.5, 0.6) is 0 Å². The van der Waals surface area contributed by atoms with E-state index in [2.05, 4.69) is 44.4 Å². The molecule has 0 saturated carbocycles. The van der Waals surface area contributed by atoms with Gasteiger partial charge in [-0.3, -0.25) is 29.0 Å². The number of para-hydroxylation sites is 1. The van der Waals surface area contributed by atoms with E-state index in [-0.39, 0.29) is 64.6 Å². The minimum Gasteiger partial charge on any atom is -0.449 e. The van der Waals surface area contributed by atoms with Gasteiger partial charge in [0.1, 0.15) is 24.7 Å². The molecule has 1 aromatic heterocycles. The lowest BCUT2D eigenvalue weighted by atomic mass is 9.90. The number of guanidine groups is 1. The molecule has 0 unspecified atom stereocenters. The Kier molecular flexibility index (Phi) is 17.8. The lowest BCUT2D eigenvalue weighted by molar-refractivity contribution is -0.134. The van der Waals surface area contributed by atoms with Crippen LogP contribution >= 0.6 is 0 Å². The highest BCUT2D eigenvalue weighted by Gasteiger charge is 2.33. The quantitative estimate of drug-likeness (QED) is 0.0232. The van der Waals surface area contributed by atoms with Crippen LogP contribution in [-0.4, -0.2) is 83.8 Å². The normalized spacial score (nSPS) is 13.9. The topological polar surface area (TPSA) is 266 Å². The average Bonchev–Trinajstić information content (AvgIpc) is 3.81. The molecule has 1 aliphatic rings. The number of Topliss-reactive ketones (excluding diaryl/α,β-unsaturated/α-hetero) is 1. The molecular formula is C47H59N9O7. The van der Waals surface area contributed by atoms with Gasteiger partial charge in [0, 0.05) is 48.3 Å². The third kappa shape index (κ3) is 12.9. The Balaban J connectivity index is 0.00000871. The second kappa shape index (κ2) is 23.1. The monoisotopic (exact) mass is 861 g/mol. The maximum absolute atomic E-state index is 14.3. The van der Waals surface area contributed by atoms with E-state index >= 15 is 0 Å². The molecule has 0 fully saturated rings. The number of ether oxygens (including phenoxy) is 1. The SMILES string of the molecule is C.C=CC[C@H](NC(=O)[C@H](CCCN=C(N)N)CC(=O)[C@H](Cc1c[nH]c2ccccc12)NC(=O)[C@H](C)NC(=O)[C@H](CC=C)NC(=O)OCC1c2ccccc2-c2ccccc21)C(N)=O. The van der Waals surface area contributed by atoms with Crippen LogP contribution in [0.25, 0.3) is 22.0 Å². The number of aromatic amines is 1. The highest BCUT2D eigenvalue weighted by molar-refractivity contribution is 5.97. The minimum atomic E-state index is -1.17. The van der Waals surface area contributed by atoms with E-state index in [0.717, 1.165) is 38.7 Å². The summed E-state index contributed by atoms with van der Waals surface area (Å²) < 4.78 is 5.66. The molecule has 5 atom stereocenters. The molecule has 63 heavy (non-hydrogen) atoms. The fourth-order valence-corrected chi connectivity index (χ4v) is 7.58. The summed E-state index contributed by atoms with van der Waals surface area (Å²) in [6, 6.07) is 18.8. The molecule has 4 aromatic rings. The summed E-state index contributed by atoms with van der Waals surface area (Å²) in [4.78, 5) is 87.6. The molecule has 0 radical (unpaired) electrons. The number of primary amides is 1. The van der Waals surface area contributed by atoms with Crippen LogP contribution in [0.1, 0.15) is 69.1 Å². The number of nitrogens with zero attached hydrogens (tertiary/aromatic N) is 1. The van der Waals surface area contributed by atoms with Gasteiger partial charge in [0.15, 0.2) is 11.7 Å². The van der Waals surface area contributed by atoms with Gasteiger partial charge < -0.3 is 48.2 Å². The number of nitrogens with one attached hydrogen (secondary N) is 5. The van der Waals surface area contributed by atoms with Crippen molar-refractivity contribution < 1.29 is 33.5 Å². The van der Waals surface area contributed by atoms with Crippen LogP contribution in [0.2, 0.25) is 0 Å². The molecule has 0 spiro atoms. The van der Waals surface area contributed by atoms with Crippen molar-refractivity contribution in [2.45, 2.75) is 83.0 Å². The van der Waals surface area contributed by atoms with Crippen LogP contribution in [-0.2, 0) is 35.1 Å². The zero-order valence-corrected chi connectivity index (χ0v) is 34.7. The predicted molar refractivity (Wildman–Crippen MR) is 244 cm³/mol. The maximum atomic E-state index is 14.3. The molecule has 334 valence electrons. The van der Waals surface area contributed by atoms with Crippen molar-refractivity contribution in [3.63, 3.8) is 0 Å². The number of carbonyl (C=O) groups excluding carboxylic acids is 6. The number of fused-ring (bicyclic) bond motifs is 4. The average molecular weight is 862 g/mol. The molecular weight excluding hydrogens is 803 g/mol. The summed E-state index contributed by atoms with van der Waals surface area (Å²) in [6.45, 7) is 8.99. The summed E-state index contributed by atoms with van der Waals surface area (Å²) in [5.41, 5.74) is 22.2. The van der Waals surface area contributed by atoms with Gasteiger partial charge in [0.25, 0.3) is 0 Å². The van der Waals surface area contributed by atoms with Crippen LogP contribution in [0.4, 0.5) is 4.79 Å². The van der Waals surface area contributed by atoms with E-state index in [4.69, 9.17) is 21.9 Å². The van der Waals surface area contributed by atoms with Crippen LogP contribution in [0, 0.1) is 5.92 Å². The Labute approximate surface area is 367 Å². The van der Waals surface area contributed by atoms with E-state index in [1.54, 1.807) is 6.20 Å². The number of ketones is 1. The van der Waals surface area contributed by atoms with Gasteiger partial charge in [0.2, 0.25) is 23.6 Å². The number of alkyl carbamates (subject to hydrolysis) is 1. The molecule has 16 nitrogen and oxygen atoms in total. The number of hydrogen-bond donors (Lipinski definition) is 8. The highest BCUT2D eigenvalue weighted by Crippen LogP contribution is 2.44. The maximum Gasteiger partial charge on any atom is 0.407 e. The molecule has 1 aliphatic carbocycles. The molecule has 1 heterocycles. The molecule has 5 amide bonds. The van der Waals surface area contributed by atoms with Gasteiger partial charge in [-0.25, -0.2) is 4.79 Å². The van der Waals surface area contributed by atoms with Crippen molar-refractivity contribution in [1.82, 2.24) is 26.3 Å². The van der Waals surface area contributed by atoms with E-state index in [0.29, 0.717) is 6.42 Å². The summed E-state index contributed by atoms with van der Waals surface area (Å²) in [5, 5.41) is 11.5. The smallest absolute Gasteiger partial charge is 0.407 e. The summed E-state index contributed by atoms with van der Waals surface area (Å²) >= 11 is 0. The summed E-state index contributed by atoms with van der Waals surface area (Å²) in [6.07, 6.45) is 4.13. The number of aromatic nitrogens is 1. The van der Waals surface area contributed by atoms with E-state index in [1.807, 2.05) is 72.8 Å². The van der Waals surface area contributed by atoms with Gasteiger partial charge in [-0.15, -0.1) is 13.2 Å². The predicted octanol–water partition coefficient (Wildman–Crippen LogP) is 3.99. The molecule has 11 N–H and O–H groups in total. The lowest BCUT2D eigenvalue weighted by Crippen LogP contribution is -2.55.